The highest BCUT2D eigenvalue weighted by molar-refractivity contribution is 5.30. The monoisotopic (exact) mass is 233 g/mol. The van der Waals surface area contributed by atoms with Crippen molar-refractivity contribution in [1.82, 2.24) is 5.32 Å². The van der Waals surface area contributed by atoms with Gasteiger partial charge in [0.05, 0.1) is 0 Å². The van der Waals surface area contributed by atoms with Crippen LogP contribution >= 0.6 is 0 Å². The second-order valence-corrected chi connectivity index (χ2v) is 5.20. The number of benzene rings is 1. The molecule has 0 aromatic heterocycles. The minimum atomic E-state index is 0.427. The molecule has 2 nitrogen and oxygen atoms in total. The molecule has 1 unspecified atom stereocenters. The average molecular weight is 233 g/mol. The van der Waals surface area contributed by atoms with E-state index in [4.69, 9.17) is 4.74 Å². The van der Waals surface area contributed by atoms with Crippen LogP contribution in [0.1, 0.15) is 42.5 Å². The molecule has 1 heterocycles. The second kappa shape index (κ2) is 5.65. The van der Waals surface area contributed by atoms with E-state index in [1.54, 1.807) is 0 Å². The van der Waals surface area contributed by atoms with Crippen molar-refractivity contribution in [2.45, 2.75) is 45.7 Å². The largest absolute Gasteiger partial charge is 0.381 e. The van der Waals surface area contributed by atoms with Gasteiger partial charge in [0.2, 0.25) is 0 Å². The first-order valence-corrected chi connectivity index (χ1v) is 6.57. The van der Waals surface area contributed by atoms with Crippen molar-refractivity contribution in [3.05, 3.63) is 34.9 Å². The average Bonchev–Trinajstić information content (AvgIpc) is 2.29. The third-order valence-electron chi connectivity index (χ3n) is 3.45. The van der Waals surface area contributed by atoms with Gasteiger partial charge in [0, 0.05) is 25.3 Å². The summed E-state index contributed by atoms with van der Waals surface area (Å²) in [5.74, 6) is 0. The van der Waals surface area contributed by atoms with Crippen molar-refractivity contribution < 1.29 is 4.74 Å². The predicted molar refractivity (Wildman–Crippen MR) is 71.3 cm³/mol. The lowest BCUT2D eigenvalue weighted by atomic mass is 10.0. The summed E-state index contributed by atoms with van der Waals surface area (Å²) in [6.07, 6.45) is 2.27. The SMILES string of the molecule is Cc1cc(C)cc(C(C)NC2CCOCC2)c1. The maximum absolute atomic E-state index is 5.39. The summed E-state index contributed by atoms with van der Waals surface area (Å²) in [5, 5.41) is 3.71. The lowest BCUT2D eigenvalue weighted by Gasteiger charge is -2.27. The van der Waals surface area contributed by atoms with Crippen LogP contribution < -0.4 is 5.32 Å². The smallest absolute Gasteiger partial charge is 0.0480 e. The number of hydrogen-bond donors (Lipinski definition) is 1. The van der Waals surface area contributed by atoms with Gasteiger partial charge < -0.3 is 10.1 Å². The lowest BCUT2D eigenvalue weighted by molar-refractivity contribution is 0.0754. The third kappa shape index (κ3) is 3.55. The van der Waals surface area contributed by atoms with Crippen molar-refractivity contribution in [1.29, 1.82) is 0 Å². The van der Waals surface area contributed by atoms with Gasteiger partial charge in [-0.1, -0.05) is 29.3 Å². The van der Waals surface area contributed by atoms with Gasteiger partial charge in [-0.3, -0.25) is 0 Å². The summed E-state index contributed by atoms with van der Waals surface area (Å²) in [5.41, 5.74) is 4.09. The number of aryl methyl sites for hydroxylation is 2. The number of rotatable bonds is 3. The Morgan fingerprint density at radius 2 is 1.71 bits per heavy atom. The van der Waals surface area contributed by atoms with E-state index in [9.17, 15) is 0 Å². The molecule has 1 aliphatic rings. The van der Waals surface area contributed by atoms with Crippen LogP contribution in [0.4, 0.5) is 0 Å². The van der Waals surface area contributed by atoms with E-state index in [0.717, 1.165) is 26.1 Å². The van der Waals surface area contributed by atoms with E-state index in [1.807, 2.05) is 0 Å². The summed E-state index contributed by atoms with van der Waals surface area (Å²) < 4.78 is 5.39. The van der Waals surface area contributed by atoms with E-state index in [1.165, 1.54) is 16.7 Å². The Labute approximate surface area is 104 Å². The lowest BCUT2D eigenvalue weighted by Crippen LogP contribution is -2.36. The maximum atomic E-state index is 5.39. The normalized spacial score (nSPS) is 19.2. The zero-order valence-electron chi connectivity index (χ0n) is 11.1. The second-order valence-electron chi connectivity index (χ2n) is 5.20. The molecule has 1 N–H and O–H groups in total. The molecule has 94 valence electrons. The van der Waals surface area contributed by atoms with E-state index >= 15 is 0 Å². The van der Waals surface area contributed by atoms with E-state index < -0.39 is 0 Å². The standard InChI is InChI=1S/C15H23NO/c1-11-8-12(2)10-14(9-11)13(3)16-15-4-6-17-7-5-15/h8-10,13,15-16H,4-7H2,1-3H3. The quantitative estimate of drug-likeness (QED) is 0.866. The fraction of sp³-hybridized carbons (Fsp3) is 0.600. The zero-order valence-corrected chi connectivity index (χ0v) is 11.1. The summed E-state index contributed by atoms with van der Waals surface area (Å²) in [6.45, 7) is 8.38. The predicted octanol–water partition coefficient (Wildman–Crippen LogP) is 3.13. The Bertz CT molecular complexity index is 349. The number of nitrogens with one attached hydrogen (secondary N) is 1. The summed E-state index contributed by atoms with van der Waals surface area (Å²) in [6, 6.07) is 7.83. The first kappa shape index (κ1) is 12.6. The van der Waals surface area contributed by atoms with Crippen LogP contribution in [0.5, 0.6) is 0 Å². The van der Waals surface area contributed by atoms with Gasteiger partial charge in [-0.15, -0.1) is 0 Å². The van der Waals surface area contributed by atoms with E-state index in [2.05, 4.69) is 44.3 Å². The Kier molecular flexibility index (Phi) is 4.19. The molecule has 1 saturated heterocycles. The highest BCUT2D eigenvalue weighted by Gasteiger charge is 2.16. The molecule has 17 heavy (non-hydrogen) atoms. The third-order valence-corrected chi connectivity index (χ3v) is 3.45. The highest BCUT2D eigenvalue weighted by atomic mass is 16.5. The van der Waals surface area contributed by atoms with Gasteiger partial charge in [-0.05, 0) is 39.2 Å². The van der Waals surface area contributed by atoms with Crippen LogP contribution in [-0.4, -0.2) is 19.3 Å². The molecule has 1 fully saturated rings. The Morgan fingerprint density at radius 1 is 1.12 bits per heavy atom. The van der Waals surface area contributed by atoms with E-state index in [-0.39, 0.29) is 0 Å². The molecule has 1 aromatic carbocycles. The van der Waals surface area contributed by atoms with Gasteiger partial charge in [-0.25, -0.2) is 0 Å². The van der Waals surface area contributed by atoms with Crippen LogP contribution in [0.2, 0.25) is 0 Å². The van der Waals surface area contributed by atoms with Crippen LogP contribution in [0.25, 0.3) is 0 Å². The Morgan fingerprint density at radius 3 is 2.29 bits per heavy atom. The van der Waals surface area contributed by atoms with Crippen molar-refractivity contribution in [3.8, 4) is 0 Å². The summed E-state index contributed by atoms with van der Waals surface area (Å²) in [7, 11) is 0. The van der Waals surface area contributed by atoms with Gasteiger partial charge in [-0.2, -0.15) is 0 Å². The first-order valence-electron chi connectivity index (χ1n) is 6.57. The van der Waals surface area contributed by atoms with Gasteiger partial charge in [0.25, 0.3) is 0 Å². The molecule has 2 heteroatoms. The van der Waals surface area contributed by atoms with Crippen molar-refractivity contribution >= 4 is 0 Å². The molecule has 0 radical (unpaired) electrons. The minimum Gasteiger partial charge on any atom is -0.381 e. The van der Waals surface area contributed by atoms with Crippen LogP contribution in [-0.2, 0) is 4.74 Å². The molecule has 1 aromatic rings. The molecule has 0 spiro atoms. The molecule has 1 aliphatic heterocycles. The number of hydrogen-bond acceptors (Lipinski definition) is 2. The molecular formula is C15H23NO. The molecule has 0 aliphatic carbocycles. The van der Waals surface area contributed by atoms with Crippen molar-refractivity contribution in [2.24, 2.45) is 0 Å². The van der Waals surface area contributed by atoms with Crippen LogP contribution in [0, 0.1) is 13.8 Å². The molecule has 0 saturated carbocycles. The van der Waals surface area contributed by atoms with Crippen molar-refractivity contribution in [2.75, 3.05) is 13.2 Å². The summed E-state index contributed by atoms with van der Waals surface area (Å²) in [4.78, 5) is 0. The van der Waals surface area contributed by atoms with E-state index in [0.29, 0.717) is 12.1 Å². The number of ether oxygens (including phenoxy) is 1. The molecule has 0 bridgehead atoms. The van der Waals surface area contributed by atoms with Gasteiger partial charge >= 0.3 is 0 Å². The minimum absolute atomic E-state index is 0.427. The fourth-order valence-electron chi connectivity index (χ4n) is 2.57. The zero-order chi connectivity index (χ0) is 12.3. The summed E-state index contributed by atoms with van der Waals surface area (Å²) >= 11 is 0. The highest BCUT2D eigenvalue weighted by Crippen LogP contribution is 2.19. The first-order chi connectivity index (χ1) is 8.15. The maximum Gasteiger partial charge on any atom is 0.0480 e. The molecular weight excluding hydrogens is 210 g/mol. The fourth-order valence-corrected chi connectivity index (χ4v) is 2.57. The molecule has 0 amide bonds. The Hall–Kier alpha value is -0.860. The van der Waals surface area contributed by atoms with Crippen LogP contribution in [0.3, 0.4) is 0 Å². The van der Waals surface area contributed by atoms with Gasteiger partial charge in [0.15, 0.2) is 0 Å². The Balaban J connectivity index is 2.00. The molecule has 1 atom stereocenters. The topological polar surface area (TPSA) is 21.3 Å². The molecule has 2 rings (SSSR count). The van der Waals surface area contributed by atoms with Crippen molar-refractivity contribution in [3.63, 3.8) is 0 Å². The van der Waals surface area contributed by atoms with Crippen LogP contribution in [0.15, 0.2) is 18.2 Å². The van der Waals surface area contributed by atoms with Gasteiger partial charge in [0.1, 0.15) is 0 Å².